The molecule has 4 rings (SSSR count). The summed E-state index contributed by atoms with van der Waals surface area (Å²) in [6.45, 7) is 12.6. The summed E-state index contributed by atoms with van der Waals surface area (Å²) in [5.74, 6) is 0. The van der Waals surface area contributed by atoms with Crippen LogP contribution in [0.5, 0.6) is 0 Å². The molecule has 1 aliphatic rings. The van der Waals surface area contributed by atoms with Gasteiger partial charge in [-0.15, -0.1) is 0 Å². The Morgan fingerprint density at radius 2 is 1.50 bits per heavy atom. The zero-order chi connectivity index (χ0) is 22.0. The van der Waals surface area contributed by atoms with E-state index >= 15 is 0 Å². The molecule has 32 heavy (non-hydrogen) atoms. The van der Waals surface area contributed by atoms with E-state index in [-0.39, 0.29) is 24.0 Å². The van der Waals surface area contributed by atoms with E-state index in [1.165, 1.54) is 75.4 Å². The highest BCUT2D eigenvalue weighted by Gasteiger charge is 2.23. The molecule has 0 amide bonds. The molecule has 0 unspecified atom stereocenters. The summed E-state index contributed by atoms with van der Waals surface area (Å²) < 4.78 is 2.60. The van der Waals surface area contributed by atoms with Gasteiger partial charge < -0.3 is 33.8 Å². The van der Waals surface area contributed by atoms with Gasteiger partial charge in [-0.1, -0.05) is 27.2 Å². The van der Waals surface area contributed by atoms with Gasteiger partial charge in [0.25, 0.3) is 9.40 Å². The van der Waals surface area contributed by atoms with Crippen molar-refractivity contribution in [2.45, 2.75) is 46.5 Å². The Labute approximate surface area is 214 Å². The highest BCUT2D eigenvalue weighted by atomic mass is 127. The average molecular weight is 565 g/mol. The maximum absolute atomic E-state index is 5.22. The molecule has 2 aromatic carbocycles. The lowest BCUT2D eigenvalue weighted by Crippen LogP contribution is -3.00. The van der Waals surface area contributed by atoms with Crippen molar-refractivity contribution < 1.29 is 24.0 Å². The lowest BCUT2D eigenvalue weighted by Gasteiger charge is -2.36. The first-order valence-electron chi connectivity index (χ1n) is 11.9. The number of hydrogen-bond donors (Lipinski definition) is 0. The molecule has 0 spiro atoms. The van der Waals surface area contributed by atoms with Crippen molar-refractivity contribution in [3.63, 3.8) is 0 Å². The number of hydrogen-bond acceptors (Lipinski definition) is 4. The molecule has 0 atom stereocenters. The largest absolute Gasteiger partial charge is 1.00 e. The third kappa shape index (κ3) is 5.28. The second-order valence-corrected chi connectivity index (χ2v) is 9.98. The molecule has 0 N–H and O–H groups in total. The van der Waals surface area contributed by atoms with Crippen molar-refractivity contribution in [1.29, 1.82) is 0 Å². The maximum Gasteiger partial charge on any atom is 0.259 e. The first kappa shape index (κ1) is 25.4. The van der Waals surface area contributed by atoms with Gasteiger partial charge in [0.2, 0.25) is 11.3 Å². The monoisotopic (exact) mass is 564 g/mol. The number of aryl methyl sites for hydroxylation is 2. The number of anilines is 2. The van der Waals surface area contributed by atoms with Crippen molar-refractivity contribution >= 4 is 43.1 Å². The van der Waals surface area contributed by atoms with Gasteiger partial charge in [0.15, 0.2) is 0 Å². The first-order chi connectivity index (χ1) is 15.0. The van der Waals surface area contributed by atoms with Crippen LogP contribution in [0, 0.1) is 0 Å². The molecule has 0 saturated carbocycles. The molecular weight excluding hydrogens is 527 g/mol. The molecule has 1 fully saturated rings. The number of aromatic nitrogens is 1. The Morgan fingerprint density at radius 1 is 0.875 bits per heavy atom. The minimum absolute atomic E-state index is 0. The second-order valence-electron chi connectivity index (χ2n) is 8.90. The number of piperazine rings is 1. The summed E-state index contributed by atoms with van der Waals surface area (Å²) in [5.41, 5.74) is 7.72. The van der Waals surface area contributed by atoms with E-state index in [1.54, 1.807) is 0 Å². The van der Waals surface area contributed by atoms with E-state index in [0.29, 0.717) is 0 Å². The van der Waals surface area contributed by atoms with E-state index in [4.69, 9.17) is 4.98 Å². The van der Waals surface area contributed by atoms with Crippen LogP contribution in [0.15, 0.2) is 24.3 Å². The SMILES string of the molecule is CCCCN1CCN(c2cc(CC)c3nc4c(CC)cc(N(C)C)cc4[s+]c3c2)CC1.[I-]. The van der Waals surface area contributed by atoms with Gasteiger partial charge in [-0.25, -0.2) is 4.98 Å². The molecule has 1 aromatic heterocycles. The standard InChI is InChI=1S/C26H37N4S.HI/c1-6-9-10-29-11-13-30(14-12-29)22-16-20(8-3)26-24(18-22)31-23-17-21(28(4)5)15-19(7-2)25(23)27-26;/h15-18H,6-14H2,1-5H3;1H/q+1;/p-1. The van der Waals surface area contributed by atoms with Crippen LogP contribution in [0.2, 0.25) is 0 Å². The fourth-order valence-electron chi connectivity index (χ4n) is 4.53. The molecule has 6 heteroatoms. The van der Waals surface area contributed by atoms with Gasteiger partial charge >= 0.3 is 0 Å². The minimum Gasteiger partial charge on any atom is -1.00 e. The molecule has 4 nitrogen and oxygen atoms in total. The molecule has 174 valence electrons. The number of halogens is 1. The summed E-state index contributed by atoms with van der Waals surface area (Å²) in [5, 5.41) is 0. The van der Waals surface area contributed by atoms with Crippen LogP contribution in [-0.2, 0) is 12.8 Å². The quantitative estimate of drug-likeness (QED) is 0.250. The van der Waals surface area contributed by atoms with Gasteiger partial charge in [0, 0.05) is 63.8 Å². The summed E-state index contributed by atoms with van der Waals surface area (Å²) in [7, 11) is 4.24. The maximum atomic E-state index is 5.22. The van der Waals surface area contributed by atoms with Crippen LogP contribution >= 0.6 is 11.3 Å². The smallest absolute Gasteiger partial charge is 0.259 e. The lowest BCUT2D eigenvalue weighted by atomic mass is 10.1. The Kier molecular flexibility index (Phi) is 8.92. The molecule has 2 heterocycles. The van der Waals surface area contributed by atoms with Crippen molar-refractivity contribution in [3.8, 4) is 0 Å². The van der Waals surface area contributed by atoms with E-state index < -0.39 is 0 Å². The van der Waals surface area contributed by atoms with Gasteiger partial charge in [-0.2, -0.15) is 0 Å². The first-order valence-corrected chi connectivity index (χ1v) is 12.7. The number of fused-ring (bicyclic) bond motifs is 2. The normalized spacial score (nSPS) is 14.7. The molecular formula is C26H37IN4S. The zero-order valence-corrected chi connectivity index (χ0v) is 23.2. The number of benzene rings is 2. The fourth-order valence-corrected chi connectivity index (χ4v) is 5.67. The minimum atomic E-state index is 0. The predicted octanol–water partition coefficient (Wildman–Crippen LogP) is 2.85. The summed E-state index contributed by atoms with van der Waals surface area (Å²) in [6.07, 6.45) is 4.61. The molecule has 0 radical (unpaired) electrons. The highest BCUT2D eigenvalue weighted by Crippen LogP contribution is 2.35. The summed E-state index contributed by atoms with van der Waals surface area (Å²) in [6, 6.07) is 9.39. The third-order valence-corrected chi connectivity index (χ3v) is 7.63. The van der Waals surface area contributed by atoms with Crippen molar-refractivity contribution in [1.82, 2.24) is 9.88 Å². The molecule has 0 bridgehead atoms. The lowest BCUT2D eigenvalue weighted by molar-refractivity contribution is -0.00000641. The van der Waals surface area contributed by atoms with Gasteiger partial charge in [-0.05, 0) is 49.1 Å². The van der Waals surface area contributed by atoms with Crippen molar-refractivity contribution in [3.05, 3.63) is 35.4 Å². The van der Waals surface area contributed by atoms with Crippen molar-refractivity contribution in [2.24, 2.45) is 0 Å². The number of unbranched alkanes of at least 4 members (excludes halogenated alkanes) is 1. The predicted molar refractivity (Wildman–Crippen MR) is 138 cm³/mol. The topological polar surface area (TPSA) is 22.6 Å². The van der Waals surface area contributed by atoms with E-state index in [9.17, 15) is 0 Å². The Morgan fingerprint density at radius 3 is 2.09 bits per heavy atom. The summed E-state index contributed by atoms with van der Waals surface area (Å²) in [4.78, 5) is 12.6. The van der Waals surface area contributed by atoms with Crippen LogP contribution in [0.4, 0.5) is 11.4 Å². The second kappa shape index (κ2) is 11.3. The molecule has 1 aliphatic heterocycles. The van der Waals surface area contributed by atoms with Crippen LogP contribution in [0.3, 0.4) is 0 Å². The molecule has 1 saturated heterocycles. The van der Waals surface area contributed by atoms with Crippen molar-refractivity contribution in [2.75, 3.05) is 56.6 Å². The van der Waals surface area contributed by atoms with E-state index in [1.807, 2.05) is 11.3 Å². The van der Waals surface area contributed by atoms with Crippen LogP contribution in [0.1, 0.15) is 44.7 Å². The van der Waals surface area contributed by atoms with Gasteiger partial charge in [-0.3, -0.25) is 4.90 Å². The third-order valence-electron chi connectivity index (χ3n) is 6.56. The van der Waals surface area contributed by atoms with Crippen LogP contribution in [0.25, 0.3) is 20.4 Å². The highest BCUT2D eigenvalue weighted by molar-refractivity contribution is 7.24. The van der Waals surface area contributed by atoms with E-state index in [0.717, 1.165) is 25.9 Å². The fraction of sp³-hybridized carbons (Fsp3) is 0.538. The average Bonchev–Trinajstić information content (AvgIpc) is 2.80. The Bertz CT molecular complexity index is 1060. The molecule has 0 aliphatic carbocycles. The Balaban J connectivity index is 0.00000289. The molecule has 3 aromatic rings. The van der Waals surface area contributed by atoms with Gasteiger partial charge in [0.05, 0.1) is 0 Å². The number of rotatable bonds is 7. The zero-order valence-electron chi connectivity index (χ0n) is 20.2. The van der Waals surface area contributed by atoms with Gasteiger partial charge in [0.1, 0.15) is 11.0 Å². The van der Waals surface area contributed by atoms with Crippen LogP contribution in [-0.4, -0.2) is 56.7 Å². The Hall–Kier alpha value is -1.25. The van der Waals surface area contributed by atoms with E-state index in [2.05, 4.69) is 73.8 Å². The number of nitrogens with zero attached hydrogens (tertiary/aromatic N) is 4. The summed E-state index contributed by atoms with van der Waals surface area (Å²) >= 11 is 1.91. The van der Waals surface area contributed by atoms with Crippen LogP contribution < -0.4 is 33.8 Å².